The zero-order valence-electron chi connectivity index (χ0n) is 17.8. The maximum absolute atomic E-state index is 11.1. The van der Waals surface area contributed by atoms with Crippen molar-refractivity contribution in [2.75, 3.05) is 13.2 Å². The highest BCUT2D eigenvalue weighted by Crippen LogP contribution is 2.10. The number of carbonyl (C=O) groups is 2. The zero-order valence-corrected chi connectivity index (χ0v) is 17.8. The van der Waals surface area contributed by atoms with Crippen molar-refractivity contribution in [3.05, 3.63) is 0 Å². The first kappa shape index (κ1) is 28.1. The summed E-state index contributed by atoms with van der Waals surface area (Å²) in [5.74, 6) is 0.498. The van der Waals surface area contributed by atoms with E-state index in [1.165, 1.54) is 19.3 Å². The highest BCUT2D eigenvalue weighted by Gasteiger charge is 2.07. The number of carboxylic acid groups (broad SMARTS) is 1. The minimum absolute atomic E-state index is 0.110. The molecule has 0 rings (SSSR count). The van der Waals surface area contributed by atoms with Crippen LogP contribution in [-0.4, -0.2) is 46.6 Å². The molecule has 1 atom stereocenters. The fourth-order valence-corrected chi connectivity index (χ4v) is 2.32. The van der Waals surface area contributed by atoms with Crippen molar-refractivity contribution in [3.8, 4) is 0 Å². The number of hydrogen-bond donors (Lipinski definition) is 3. The molecule has 1 unspecified atom stereocenters. The average Bonchev–Trinajstić information content (AvgIpc) is 2.58. The number of aliphatic hydroxyl groups excluding tert-OH is 2. The Hall–Kier alpha value is -1.14. The van der Waals surface area contributed by atoms with Crippen LogP contribution >= 0.6 is 0 Å². The number of ether oxygens (including phenoxy) is 1. The molecule has 0 saturated carbocycles. The second-order valence-corrected chi connectivity index (χ2v) is 7.90. The summed E-state index contributed by atoms with van der Waals surface area (Å²) in [6.07, 6.45) is 8.27. The normalized spacial score (nSPS) is 11.9. The molecule has 27 heavy (non-hydrogen) atoms. The molecule has 0 aliphatic heterocycles. The Bertz CT molecular complexity index is 355. The quantitative estimate of drug-likeness (QED) is 0.286. The number of carboxylic acids is 1. The summed E-state index contributed by atoms with van der Waals surface area (Å²) in [6.45, 7) is 8.27. The summed E-state index contributed by atoms with van der Waals surface area (Å²) in [5, 5.41) is 25.8. The maximum Gasteiger partial charge on any atom is 0.305 e. The van der Waals surface area contributed by atoms with E-state index in [1.54, 1.807) is 0 Å². The van der Waals surface area contributed by atoms with Gasteiger partial charge in [0.2, 0.25) is 0 Å². The number of rotatable bonds is 15. The van der Waals surface area contributed by atoms with Gasteiger partial charge in [-0.15, -0.1) is 0 Å². The average molecular weight is 391 g/mol. The monoisotopic (exact) mass is 390 g/mol. The molecule has 0 aromatic rings. The number of aliphatic carboxylic acids is 1. The molecule has 162 valence electrons. The Balaban J connectivity index is 0. The fraction of sp³-hybridized carbons (Fsp3) is 0.905. The third-order valence-electron chi connectivity index (χ3n) is 3.98. The Morgan fingerprint density at radius 1 is 0.815 bits per heavy atom. The van der Waals surface area contributed by atoms with Crippen molar-refractivity contribution in [1.82, 2.24) is 0 Å². The van der Waals surface area contributed by atoms with Crippen LogP contribution in [0.1, 0.15) is 91.9 Å². The fourth-order valence-electron chi connectivity index (χ4n) is 2.32. The third kappa shape index (κ3) is 27.2. The minimum Gasteiger partial charge on any atom is -0.481 e. The number of hydrogen-bond acceptors (Lipinski definition) is 5. The number of aliphatic hydroxyl groups is 2. The molecule has 0 bridgehead atoms. The van der Waals surface area contributed by atoms with Crippen LogP contribution in [0.25, 0.3) is 0 Å². The van der Waals surface area contributed by atoms with Gasteiger partial charge < -0.3 is 20.1 Å². The van der Waals surface area contributed by atoms with Gasteiger partial charge in [-0.25, -0.2) is 0 Å². The SMILES string of the molecule is CC(C)CCCCCC(=O)O.CC(C)CCCCCC(=O)OCC(O)CO. The lowest BCUT2D eigenvalue weighted by atomic mass is 10.0. The van der Waals surface area contributed by atoms with Gasteiger partial charge in [0.15, 0.2) is 0 Å². The van der Waals surface area contributed by atoms with Crippen molar-refractivity contribution < 1.29 is 29.6 Å². The molecule has 0 aromatic heterocycles. The van der Waals surface area contributed by atoms with E-state index in [4.69, 9.17) is 20.1 Å². The first-order valence-electron chi connectivity index (χ1n) is 10.3. The van der Waals surface area contributed by atoms with Crippen LogP contribution in [0.15, 0.2) is 0 Å². The van der Waals surface area contributed by atoms with E-state index < -0.39 is 12.1 Å². The summed E-state index contributed by atoms with van der Waals surface area (Å²) in [5.41, 5.74) is 0. The van der Waals surface area contributed by atoms with Crippen molar-refractivity contribution in [1.29, 1.82) is 0 Å². The number of carbonyl (C=O) groups excluding carboxylic acids is 1. The molecule has 0 radical (unpaired) electrons. The van der Waals surface area contributed by atoms with Crippen molar-refractivity contribution in [2.45, 2.75) is 98.0 Å². The van der Waals surface area contributed by atoms with Crippen LogP contribution in [0.2, 0.25) is 0 Å². The lowest BCUT2D eigenvalue weighted by Gasteiger charge is -2.08. The third-order valence-corrected chi connectivity index (χ3v) is 3.98. The van der Waals surface area contributed by atoms with E-state index in [0.29, 0.717) is 18.8 Å². The molecular weight excluding hydrogens is 348 g/mol. The predicted octanol–water partition coefficient (Wildman–Crippen LogP) is 4.17. The van der Waals surface area contributed by atoms with Crippen LogP contribution < -0.4 is 0 Å². The van der Waals surface area contributed by atoms with Gasteiger partial charge in [0.25, 0.3) is 0 Å². The molecule has 6 nitrogen and oxygen atoms in total. The molecule has 0 fully saturated rings. The Kier molecular flexibility index (Phi) is 20.4. The van der Waals surface area contributed by atoms with Crippen molar-refractivity contribution >= 4 is 11.9 Å². The smallest absolute Gasteiger partial charge is 0.305 e. The first-order valence-corrected chi connectivity index (χ1v) is 10.3. The highest BCUT2D eigenvalue weighted by molar-refractivity contribution is 5.69. The standard InChI is InChI=1S/C12H24O4.C9H18O2/c1-10(2)6-4-3-5-7-12(15)16-9-11(14)8-13;1-8(2)6-4-3-5-7-9(10)11/h10-11,13-14H,3-9H2,1-2H3;8H,3-7H2,1-2H3,(H,10,11). The Morgan fingerprint density at radius 3 is 1.70 bits per heavy atom. The van der Waals surface area contributed by atoms with Gasteiger partial charge in [-0.1, -0.05) is 66.2 Å². The molecule has 0 aliphatic carbocycles. The molecule has 0 spiro atoms. The molecule has 3 N–H and O–H groups in total. The van der Waals surface area contributed by atoms with Gasteiger partial charge in [0.1, 0.15) is 12.7 Å². The molecule has 0 aromatic carbocycles. The van der Waals surface area contributed by atoms with Gasteiger partial charge >= 0.3 is 11.9 Å². The maximum atomic E-state index is 11.1. The van der Waals surface area contributed by atoms with E-state index in [-0.39, 0.29) is 19.2 Å². The van der Waals surface area contributed by atoms with Crippen molar-refractivity contribution in [3.63, 3.8) is 0 Å². The second kappa shape index (κ2) is 19.6. The van der Waals surface area contributed by atoms with Crippen LogP contribution in [-0.2, 0) is 14.3 Å². The van der Waals surface area contributed by atoms with E-state index in [1.807, 2.05) is 0 Å². The van der Waals surface area contributed by atoms with Gasteiger partial charge in [-0.05, 0) is 24.7 Å². The van der Waals surface area contributed by atoms with E-state index in [9.17, 15) is 9.59 Å². The van der Waals surface area contributed by atoms with E-state index >= 15 is 0 Å². The first-order chi connectivity index (χ1) is 12.7. The molecular formula is C21H42O6. The lowest BCUT2D eigenvalue weighted by molar-refractivity contribution is -0.147. The summed E-state index contributed by atoms with van der Waals surface area (Å²) in [6, 6.07) is 0. The van der Waals surface area contributed by atoms with Crippen LogP contribution in [0.3, 0.4) is 0 Å². The zero-order chi connectivity index (χ0) is 21.1. The number of unbranched alkanes of at least 4 members (excludes halogenated alkanes) is 4. The summed E-state index contributed by atoms with van der Waals surface area (Å²) in [7, 11) is 0. The largest absolute Gasteiger partial charge is 0.481 e. The highest BCUT2D eigenvalue weighted by atomic mass is 16.5. The summed E-state index contributed by atoms with van der Waals surface area (Å²) < 4.78 is 4.77. The van der Waals surface area contributed by atoms with Gasteiger partial charge in [-0.3, -0.25) is 9.59 Å². The topological polar surface area (TPSA) is 104 Å². The minimum atomic E-state index is -0.954. The molecule has 0 heterocycles. The molecule has 6 heteroatoms. The van der Waals surface area contributed by atoms with Gasteiger partial charge in [0, 0.05) is 12.8 Å². The van der Waals surface area contributed by atoms with Crippen LogP contribution in [0, 0.1) is 11.8 Å². The summed E-state index contributed by atoms with van der Waals surface area (Å²) in [4.78, 5) is 21.2. The molecule has 0 amide bonds. The molecule has 0 aliphatic rings. The van der Waals surface area contributed by atoms with Crippen LogP contribution in [0.4, 0.5) is 0 Å². The van der Waals surface area contributed by atoms with Gasteiger partial charge in [-0.2, -0.15) is 0 Å². The van der Waals surface area contributed by atoms with Crippen LogP contribution in [0.5, 0.6) is 0 Å². The summed E-state index contributed by atoms with van der Waals surface area (Å²) >= 11 is 0. The van der Waals surface area contributed by atoms with Gasteiger partial charge in [0.05, 0.1) is 6.61 Å². The van der Waals surface area contributed by atoms with E-state index in [0.717, 1.165) is 38.0 Å². The predicted molar refractivity (Wildman–Crippen MR) is 108 cm³/mol. The van der Waals surface area contributed by atoms with E-state index in [2.05, 4.69) is 27.7 Å². The number of esters is 1. The second-order valence-electron chi connectivity index (χ2n) is 7.90. The lowest BCUT2D eigenvalue weighted by Crippen LogP contribution is -2.21. The van der Waals surface area contributed by atoms with Crippen molar-refractivity contribution in [2.24, 2.45) is 11.8 Å². The molecule has 0 saturated heterocycles. The Morgan fingerprint density at radius 2 is 1.30 bits per heavy atom. The Labute approximate surface area is 165 Å².